The van der Waals surface area contributed by atoms with Crippen LogP contribution in [0, 0.1) is 26.1 Å². The van der Waals surface area contributed by atoms with Crippen LogP contribution in [0.2, 0.25) is 0 Å². The van der Waals surface area contributed by atoms with Gasteiger partial charge in [0.2, 0.25) is 17.1 Å². The molecule has 4 fully saturated rings. The van der Waals surface area contributed by atoms with Crippen molar-refractivity contribution in [1.29, 1.82) is 0 Å². The van der Waals surface area contributed by atoms with E-state index in [2.05, 4.69) is 27.7 Å². The van der Waals surface area contributed by atoms with Gasteiger partial charge in [0.1, 0.15) is 6.54 Å². The summed E-state index contributed by atoms with van der Waals surface area (Å²) in [6, 6.07) is -0.713. The summed E-state index contributed by atoms with van der Waals surface area (Å²) in [7, 11) is 0. The molecule has 12 heteroatoms. The molecule has 2 aliphatic heterocycles. The molecule has 0 aromatic carbocycles. The number of fused-ring (bicyclic) bond motifs is 2. The topological polar surface area (TPSA) is 130 Å². The largest absolute Gasteiger partial charge is 0.481 e. The van der Waals surface area contributed by atoms with Gasteiger partial charge in [0.15, 0.2) is 6.04 Å². The van der Waals surface area contributed by atoms with Crippen LogP contribution in [0.1, 0.15) is 96.3 Å². The fraction of sp³-hybridized carbons (Fsp3) is 0.800. The highest BCUT2D eigenvalue weighted by atomic mass is 32.2. The minimum Gasteiger partial charge on any atom is -0.481 e. The molecule has 5 rings (SSSR count). The third-order valence-electron chi connectivity index (χ3n) is 9.82. The normalized spacial score (nSPS) is 34.1. The number of allylic oxidation sites excluding steroid dienone is 2. The highest BCUT2D eigenvalue weighted by molar-refractivity contribution is 8.14. The SMILES string of the molecule is O=C(O)CCCCCN1/C(=C/C=C/C2=[N+](CC3CC([N+](=O)[O-])CC([N+](=O)[O-])C3)C3CCCCC3S2)SC2CCCCC21. The minimum atomic E-state index is -0.835. The molecule has 0 aromatic heterocycles. The number of carbonyl (C=O) groups is 1. The standard InChI is InChI=1S/C30H44N4O6S2/c35-30(36)15-2-1-7-16-31-24-9-3-5-11-26(24)41-28(31)13-8-14-29-32(25-10-4-6-12-27(25)42-29)20-21-17-22(33(37)38)19-23(18-21)34(39)40/h8,13-14,21-27H,1-7,9-12,15-20H2/p+1. The number of rotatable bonds is 12. The van der Waals surface area contributed by atoms with Crippen LogP contribution in [-0.4, -0.2) is 83.2 Å². The average molecular weight is 622 g/mol. The van der Waals surface area contributed by atoms with E-state index in [0.29, 0.717) is 42.0 Å². The fourth-order valence-corrected chi connectivity index (χ4v) is 10.9. The third kappa shape index (κ3) is 7.70. The summed E-state index contributed by atoms with van der Waals surface area (Å²) in [5.41, 5.74) is 0. The lowest BCUT2D eigenvalue weighted by Gasteiger charge is -2.32. The van der Waals surface area contributed by atoms with Gasteiger partial charge in [0, 0.05) is 65.4 Å². The predicted octanol–water partition coefficient (Wildman–Crippen LogP) is 5.95. The van der Waals surface area contributed by atoms with Crippen LogP contribution in [-0.2, 0) is 4.79 Å². The Bertz CT molecular complexity index is 1090. The molecule has 3 saturated carbocycles. The molecule has 6 atom stereocenters. The van der Waals surface area contributed by atoms with Crippen LogP contribution in [0.4, 0.5) is 0 Å². The molecular formula is C30H45N4O6S2+. The summed E-state index contributed by atoms with van der Waals surface area (Å²) < 4.78 is 2.44. The van der Waals surface area contributed by atoms with Gasteiger partial charge in [-0.3, -0.25) is 25.0 Å². The summed E-state index contributed by atoms with van der Waals surface area (Å²) in [6.07, 6.45) is 20.1. The van der Waals surface area contributed by atoms with Crippen LogP contribution in [0.3, 0.4) is 0 Å². The fourth-order valence-electron chi connectivity index (χ4n) is 7.78. The molecule has 10 nitrogen and oxygen atoms in total. The van der Waals surface area contributed by atoms with Crippen molar-refractivity contribution < 1.29 is 24.3 Å². The number of hydrogen-bond donors (Lipinski definition) is 1. The first-order valence-electron chi connectivity index (χ1n) is 15.9. The zero-order valence-corrected chi connectivity index (χ0v) is 26.0. The van der Waals surface area contributed by atoms with E-state index >= 15 is 0 Å². The number of hydrogen-bond acceptors (Lipinski definition) is 8. The van der Waals surface area contributed by atoms with Gasteiger partial charge in [0.05, 0.1) is 16.7 Å². The summed E-state index contributed by atoms with van der Waals surface area (Å²) in [6.45, 7) is 1.62. The first-order valence-corrected chi connectivity index (χ1v) is 17.7. The van der Waals surface area contributed by atoms with Crippen molar-refractivity contribution in [3.8, 4) is 0 Å². The summed E-state index contributed by atoms with van der Waals surface area (Å²) in [4.78, 5) is 36.1. The van der Waals surface area contributed by atoms with Crippen molar-refractivity contribution >= 4 is 34.5 Å². The van der Waals surface area contributed by atoms with Crippen molar-refractivity contribution in [2.45, 2.75) is 131 Å². The Morgan fingerprint density at radius 3 is 2.33 bits per heavy atom. The van der Waals surface area contributed by atoms with E-state index in [9.17, 15) is 25.0 Å². The van der Waals surface area contributed by atoms with Crippen molar-refractivity contribution in [3.05, 3.63) is 43.5 Å². The van der Waals surface area contributed by atoms with Crippen molar-refractivity contribution in [3.63, 3.8) is 0 Å². The van der Waals surface area contributed by atoms with Crippen LogP contribution in [0.25, 0.3) is 0 Å². The minimum absolute atomic E-state index is 0.0388. The smallest absolute Gasteiger partial charge is 0.303 e. The Balaban J connectivity index is 1.31. The number of carboxylic acid groups (broad SMARTS) is 1. The predicted molar refractivity (Wildman–Crippen MR) is 166 cm³/mol. The van der Waals surface area contributed by atoms with Gasteiger partial charge in [-0.2, -0.15) is 0 Å². The molecule has 232 valence electrons. The second-order valence-electron chi connectivity index (χ2n) is 12.7. The van der Waals surface area contributed by atoms with Gasteiger partial charge < -0.3 is 10.0 Å². The summed E-state index contributed by atoms with van der Waals surface area (Å²) in [5, 5.41) is 35.9. The monoisotopic (exact) mass is 621 g/mol. The van der Waals surface area contributed by atoms with E-state index < -0.39 is 18.1 Å². The Kier molecular flexibility index (Phi) is 10.9. The molecular weight excluding hydrogens is 576 g/mol. The van der Waals surface area contributed by atoms with E-state index in [1.165, 1.54) is 55.0 Å². The molecule has 6 unspecified atom stereocenters. The quantitative estimate of drug-likeness (QED) is 0.122. The van der Waals surface area contributed by atoms with Gasteiger partial charge in [-0.1, -0.05) is 31.8 Å². The Labute approximate surface area is 256 Å². The van der Waals surface area contributed by atoms with Crippen LogP contribution >= 0.6 is 23.5 Å². The van der Waals surface area contributed by atoms with E-state index in [0.717, 1.165) is 32.2 Å². The number of nitro groups is 2. The Hall–Kier alpha value is -2.08. The molecule has 0 spiro atoms. The Morgan fingerprint density at radius 2 is 1.62 bits per heavy atom. The van der Waals surface area contributed by atoms with Crippen molar-refractivity contribution in [2.24, 2.45) is 5.92 Å². The first-order chi connectivity index (χ1) is 20.3. The lowest BCUT2D eigenvalue weighted by Crippen LogP contribution is -2.43. The third-order valence-corrected chi connectivity index (χ3v) is 12.7. The maximum atomic E-state index is 11.6. The molecule has 0 amide bonds. The molecule has 5 aliphatic rings. The number of carboxylic acids is 1. The van der Waals surface area contributed by atoms with E-state index in [-0.39, 0.29) is 28.6 Å². The van der Waals surface area contributed by atoms with Crippen LogP contribution < -0.4 is 0 Å². The Morgan fingerprint density at radius 1 is 0.929 bits per heavy atom. The number of aliphatic carboxylic acids is 1. The average Bonchev–Trinajstić information content (AvgIpc) is 3.50. The molecule has 0 bridgehead atoms. The maximum absolute atomic E-state index is 11.6. The molecule has 2 heterocycles. The number of unbranched alkanes of at least 4 members (excludes halogenated alkanes) is 2. The van der Waals surface area contributed by atoms with Gasteiger partial charge in [-0.15, -0.1) is 11.8 Å². The number of nitrogens with zero attached hydrogens (tertiary/aromatic N) is 4. The highest BCUT2D eigenvalue weighted by Gasteiger charge is 2.47. The van der Waals surface area contributed by atoms with Crippen molar-refractivity contribution in [2.75, 3.05) is 13.1 Å². The molecule has 3 aliphatic carbocycles. The summed E-state index contributed by atoms with van der Waals surface area (Å²) in [5.74, 6) is -0.780. The van der Waals surface area contributed by atoms with Crippen molar-refractivity contribution in [1.82, 2.24) is 4.90 Å². The zero-order chi connectivity index (χ0) is 29.6. The molecule has 0 aromatic rings. The van der Waals surface area contributed by atoms with E-state index in [1.807, 2.05) is 23.5 Å². The lowest BCUT2D eigenvalue weighted by molar-refractivity contribution is -0.590. The van der Waals surface area contributed by atoms with Gasteiger partial charge in [-0.05, 0) is 56.4 Å². The molecule has 1 saturated heterocycles. The van der Waals surface area contributed by atoms with E-state index in [4.69, 9.17) is 5.11 Å². The maximum Gasteiger partial charge on any atom is 0.303 e. The zero-order valence-electron chi connectivity index (χ0n) is 24.4. The van der Waals surface area contributed by atoms with Crippen LogP contribution in [0.5, 0.6) is 0 Å². The van der Waals surface area contributed by atoms with Crippen LogP contribution in [0.15, 0.2) is 23.3 Å². The summed E-state index contributed by atoms with van der Waals surface area (Å²) >= 11 is 3.91. The first kappa shape index (κ1) is 31.3. The second kappa shape index (κ2) is 14.6. The molecule has 0 radical (unpaired) electrons. The van der Waals surface area contributed by atoms with Gasteiger partial charge in [-0.25, -0.2) is 4.58 Å². The van der Waals surface area contributed by atoms with Gasteiger partial charge >= 0.3 is 5.97 Å². The molecule has 1 N–H and O–H groups in total. The van der Waals surface area contributed by atoms with E-state index in [1.54, 1.807) is 0 Å². The highest BCUT2D eigenvalue weighted by Crippen LogP contribution is 2.46. The second-order valence-corrected chi connectivity index (χ2v) is 15.2. The molecule has 42 heavy (non-hydrogen) atoms. The number of thioether (sulfide) groups is 2. The lowest BCUT2D eigenvalue weighted by atomic mass is 9.82. The van der Waals surface area contributed by atoms with Gasteiger partial charge in [0.25, 0.3) is 0 Å².